The molecule has 2 aliphatic rings. The van der Waals surface area contributed by atoms with E-state index < -0.39 is 6.23 Å². The van der Waals surface area contributed by atoms with Crippen molar-refractivity contribution in [1.82, 2.24) is 5.32 Å². The normalized spacial score (nSPS) is 29.8. The number of carbonyl (C=O) groups excluding carboxylic acids is 1. The van der Waals surface area contributed by atoms with Crippen LogP contribution in [0.25, 0.3) is 0 Å². The molecule has 0 saturated heterocycles. The minimum absolute atomic E-state index is 0.274. The highest BCUT2D eigenvalue weighted by molar-refractivity contribution is 5.96. The maximum absolute atomic E-state index is 11.4. The number of allylic oxidation sites excluding steroid dienone is 2. The average molecular weight is 167 g/mol. The van der Waals surface area contributed by atoms with Gasteiger partial charge in [-0.3, -0.25) is 4.79 Å². The third kappa shape index (κ3) is 1.25. The van der Waals surface area contributed by atoms with E-state index in [0.29, 0.717) is 12.8 Å². The molecule has 0 spiro atoms. The molecule has 0 radical (unpaired) electrons. The van der Waals surface area contributed by atoms with Crippen molar-refractivity contribution in [2.45, 2.75) is 38.3 Å². The van der Waals surface area contributed by atoms with Crippen molar-refractivity contribution in [2.75, 3.05) is 0 Å². The molecule has 1 unspecified atom stereocenters. The summed E-state index contributed by atoms with van der Waals surface area (Å²) in [6.07, 6.45) is 3.54. The van der Waals surface area contributed by atoms with Crippen LogP contribution in [0.4, 0.5) is 0 Å². The van der Waals surface area contributed by atoms with E-state index >= 15 is 0 Å². The molecule has 2 rings (SSSR count). The highest BCUT2D eigenvalue weighted by atomic mass is 16.3. The molecule has 0 bridgehead atoms. The van der Waals surface area contributed by atoms with Crippen molar-refractivity contribution in [3.8, 4) is 0 Å². The number of Topliss-reactive ketones (excluding diaryl/α,β-unsaturated/α-hetero) is 1. The molecule has 3 nitrogen and oxygen atoms in total. The van der Waals surface area contributed by atoms with Crippen molar-refractivity contribution in [3.63, 3.8) is 0 Å². The van der Waals surface area contributed by atoms with Crippen molar-refractivity contribution < 1.29 is 9.90 Å². The van der Waals surface area contributed by atoms with Crippen molar-refractivity contribution >= 4 is 5.78 Å². The van der Waals surface area contributed by atoms with E-state index in [0.717, 1.165) is 30.5 Å². The first kappa shape index (κ1) is 7.80. The summed E-state index contributed by atoms with van der Waals surface area (Å²) in [5, 5.41) is 12.2. The zero-order chi connectivity index (χ0) is 8.55. The Labute approximate surface area is 71.5 Å². The van der Waals surface area contributed by atoms with Crippen LogP contribution in [0.5, 0.6) is 0 Å². The van der Waals surface area contributed by atoms with E-state index in [1.807, 2.05) is 0 Å². The highest BCUT2D eigenvalue weighted by Crippen LogP contribution is 2.27. The number of ketones is 1. The van der Waals surface area contributed by atoms with Crippen molar-refractivity contribution in [1.29, 1.82) is 0 Å². The van der Waals surface area contributed by atoms with Crippen LogP contribution in [0.15, 0.2) is 11.3 Å². The molecule has 1 heterocycles. The summed E-state index contributed by atoms with van der Waals surface area (Å²) < 4.78 is 0. The summed E-state index contributed by atoms with van der Waals surface area (Å²) in [7, 11) is 0. The van der Waals surface area contributed by atoms with Gasteiger partial charge in [0, 0.05) is 17.7 Å². The van der Waals surface area contributed by atoms with E-state index in [9.17, 15) is 9.90 Å². The smallest absolute Gasteiger partial charge is 0.160 e. The second-order valence-electron chi connectivity index (χ2n) is 3.43. The van der Waals surface area contributed by atoms with Crippen LogP contribution in [-0.4, -0.2) is 17.1 Å². The maximum Gasteiger partial charge on any atom is 0.160 e. The first-order chi connectivity index (χ1) is 5.77. The van der Waals surface area contributed by atoms with Gasteiger partial charge in [-0.2, -0.15) is 0 Å². The molecule has 0 aromatic carbocycles. The number of carbonyl (C=O) groups is 1. The van der Waals surface area contributed by atoms with Crippen LogP contribution < -0.4 is 5.32 Å². The maximum atomic E-state index is 11.4. The van der Waals surface area contributed by atoms with Crippen LogP contribution in [0.2, 0.25) is 0 Å². The molecule has 0 amide bonds. The zero-order valence-electron chi connectivity index (χ0n) is 6.97. The lowest BCUT2D eigenvalue weighted by atomic mass is 9.89. The Bertz CT molecular complexity index is 245. The van der Waals surface area contributed by atoms with Crippen LogP contribution >= 0.6 is 0 Å². The standard InChI is InChI=1S/C9H13NO2/c11-8-3-1-2-7-6(8)4-5-9(12)10-7/h9-10,12H,1-5H2. The fraction of sp³-hybridized carbons (Fsp3) is 0.667. The molecule has 1 aliphatic carbocycles. The minimum Gasteiger partial charge on any atom is -0.374 e. The fourth-order valence-corrected chi connectivity index (χ4v) is 1.90. The molecule has 1 aliphatic heterocycles. The monoisotopic (exact) mass is 167 g/mol. The second-order valence-corrected chi connectivity index (χ2v) is 3.43. The van der Waals surface area contributed by atoms with Gasteiger partial charge in [0.05, 0.1) is 0 Å². The van der Waals surface area contributed by atoms with Gasteiger partial charge >= 0.3 is 0 Å². The molecule has 1 atom stereocenters. The highest BCUT2D eigenvalue weighted by Gasteiger charge is 2.25. The first-order valence-electron chi connectivity index (χ1n) is 4.47. The molecule has 12 heavy (non-hydrogen) atoms. The van der Waals surface area contributed by atoms with Crippen LogP contribution in [-0.2, 0) is 4.79 Å². The SMILES string of the molecule is O=C1CCCC2=C1CCC(O)N2. The zero-order valence-corrected chi connectivity index (χ0v) is 6.97. The van der Waals surface area contributed by atoms with Gasteiger partial charge in [-0.05, 0) is 25.7 Å². The molecule has 0 aromatic rings. The van der Waals surface area contributed by atoms with Gasteiger partial charge in [0.15, 0.2) is 5.78 Å². The molecular weight excluding hydrogens is 154 g/mol. The number of aliphatic hydroxyl groups excluding tert-OH is 1. The Hall–Kier alpha value is -0.830. The molecule has 66 valence electrons. The lowest BCUT2D eigenvalue weighted by Crippen LogP contribution is -2.35. The van der Waals surface area contributed by atoms with Crippen LogP contribution in [0.3, 0.4) is 0 Å². The number of nitrogens with one attached hydrogen (secondary N) is 1. The van der Waals surface area contributed by atoms with E-state index in [1.165, 1.54) is 0 Å². The minimum atomic E-state index is -0.436. The Morgan fingerprint density at radius 2 is 2.17 bits per heavy atom. The van der Waals surface area contributed by atoms with E-state index in [2.05, 4.69) is 5.32 Å². The van der Waals surface area contributed by atoms with Gasteiger partial charge in [0.25, 0.3) is 0 Å². The van der Waals surface area contributed by atoms with E-state index in [-0.39, 0.29) is 5.78 Å². The van der Waals surface area contributed by atoms with E-state index in [4.69, 9.17) is 0 Å². The number of hydrogen-bond acceptors (Lipinski definition) is 3. The lowest BCUT2D eigenvalue weighted by molar-refractivity contribution is -0.116. The number of aliphatic hydroxyl groups is 1. The predicted molar refractivity (Wildman–Crippen MR) is 44.3 cm³/mol. The van der Waals surface area contributed by atoms with Gasteiger partial charge < -0.3 is 10.4 Å². The Morgan fingerprint density at radius 1 is 1.33 bits per heavy atom. The second kappa shape index (κ2) is 2.90. The molecule has 0 fully saturated rings. The van der Waals surface area contributed by atoms with Crippen molar-refractivity contribution in [2.24, 2.45) is 0 Å². The quantitative estimate of drug-likeness (QED) is 0.558. The molecule has 3 heteroatoms. The summed E-state index contributed by atoms with van der Waals surface area (Å²) in [6.45, 7) is 0. The van der Waals surface area contributed by atoms with Crippen LogP contribution in [0.1, 0.15) is 32.1 Å². The van der Waals surface area contributed by atoms with Gasteiger partial charge in [-0.1, -0.05) is 0 Å². The molecule has 2 N–H and O–H groups in total. The molecule has 0 saturated carbocycles. The Balaban J connectivity index is 2.24. The predicted octanol–water partition coefficient (Wildman–Crippen LogP) is 0.695. The topological polar surface area (TPSA) is 49.3 Å². The number of hydrogen-bond donors (Lipinski definition) is 2. The van der Waals surface area contributed by atoms with Gasteiger partial charge in [0.2, 0.25) is 0 Å². The third-order valence-electron chi connectivity index (χ3n) is 2.54. The summed E-state index contributed by atoms with van der Waals surface area (Å²) in [5.74, 6) is 0.274. The van der Waals surface area contributed by atoms with E-state index in [1.54, 1.807) is 0 Å². The fourth-order valence-electron chi connectivity index (χ4n) is 1.90. The molecule has 0 aromatic heterocycles. The summed E-state index contributed by atoms with van der Waals surface area (Å²) in [4.78, 5) is 11.4. The third-order valence-corrected chi connectivity index (χ3v) is 2.54. The largest absolute Gasteiger partial charge is 0.374 e. The first-order valence-corrected chi connectivity index (χ1v) is 4.47. The average Bonchev–Trinajstić information content (AvgIpc) is 2.04. The summed E-state index contributed by atoms with van der Waals surface area (Å²) >= 11 is 0. The van der Waals surface area contributed by atoms with Crippen LogP contribution in [0, 0.1) is 0 Å². The van der Waals surface area contributed by atoms with Gasteiger partial charge in [-0.25, -0.2) is 0 Å². The van der Waals surface area contributed by atoms with Gasteiger partial charge in [-0.15, -0.1) is 0 Å². The summed E-state index contributed by atoms with van der Waals surface area (Å²) in [5.41, 5.74) is 1.93. The van der Waals surface area contributed by atoms with Gasteiger partial charge in [0.1, 0.15) is 6.23 Å². The Morgan fingerprint density at radius 3 is 3.00 bits per heavy atom. The summed E-state index contributed by atoms with van der Waals surface area (Å²) in [6, 6.07) is 0. The van der Waals surface area contributed by atoms with Crippen molar-refractivity contribution in [3.05, 3.63) is 11.3 Å². The number of rotatable bonds is 0. The Kier molecular flexibility index (Phi) is 1.89. The lowest BCUT2D eigenvalue weighted by Gasteiger charge is -2.28. The molecular formula is C9H13NO2.